The predicted molar refractivity (Wildman–Crippen MR) is 75.6 cm³/mol. The number of halogens is 1. The van der Waals surface area contributed by atoms with Crippen molar-refractivity contribution in [3.05, 3.63) is 11.3 Å². The number of hydrogen-bond acceptors (Lipinski definition) is 3. The molecule has 1 aliphatic carbocycles. The number of nitrogens with zero attached hydrogens (tertiary/aromatic N) is 3. The lowest BCUT2D eigenvalue weighted by molar-refractivity contribution is 0.154. The largest absolute Gasteiger partial charge is 0.486 e. The fourth-order valence-corrected chi connectivity index (χ4v) is 3.43. The van der Waals surface area contributed by atoms with Crippen LogP contribution in [-0.2, 0) is 0 Å². The molecule has 0 amide bonds. The number of rotatable bonds is 3. The maximum Gasteiger partial charge on any atom is 0.176 e. The van der Waals surface area contributed by atoms with E-state index < -0.39 is 0 Å². The maximum atomic E-state index is 6.44. The summed E-state index contributed by atoms with van der Waals surface area (Å²) in [5, 5.41) is 5.09. The molecule has 1 aliphatic heterocycles. The molecule has 0 spiro atoms. The molecular weight excluding hydrogens is 262 g/mol. The molecule has 1 aromatic rings. The van der Waals surface area contributed by atoms with Crippen LogP contribution in [0.2, 0.25) is 5.15 Å². The molecule has 0 bridgehead atoms. The van der Waals surface area contributed by atoms with Gasteiger partial charge < -0.3 is 4.74 Å². The van der Waals surface area contributed by atoms with Crippen LogP contribution in [0.15, 0.2) is 6.20 Å². The third-order valence-electron chi connectivity index (χ3n) is 4.31. The van der Waals surface area contributed by atoms with Gasteiger partial charge in [-0.05, 0) is 52.1 Å². The molecule has 1 saturated carbocycles. The fraction of sp³-hybridized carbons (Fsp3) is 0.786. The van der Waals surface area contributed by atoms with Crippen LogP contribution < -0.4 is 4.74 Å². The summed E-state index contributed by atoms with van der Waals surface area (Å²) < 4.78 is 7.94. The fourth-order valence-electron chi connectivity index (χ4n) is 3.18. The normalized spacial score (nSPS) is 25.9. The molecular formula is C14H22ClN3O. The highest BCUT2D eigenvalue weighted by molar-refractivity contribution is 6.31. The van der Waals surface area contributed by atoms with Gasteiger partial charge in [0.05, 0.1) is 12.3 Å². The molecule has 4 nitrogen and oxygen atoms in total. The molecule has 19 heavy (non-hydrogen) atoms. The maximum absolute atomic E-state index is 6.44. The van der Waals surface area contributed by atoms with Crippen molar-refractivity contribution < 1.29 is 4.74 Å². The average molecular weight is 284 g/mol. The van der Waals surface area contributed by atoms with Crippen molar-refractivity contribution in [2.75, 3.05) is 13.6 Å². The molecule has 2 heterocycles. The van der Waals surface area contributed by atoms with Crippen molar-refractivity contribution in [1.29, 1.82) is 0 Å². The zero-order valence-corrected chi connectivity index (χ0v) is 12.3. The lowest BCUT2D eigenvalue weighted by Crippen LogP contribution is -2.24. The Morgan fingerprint density at radius 2 is 2.00 bits per heavy atom. The summed E-state index contributed by atoms with van der Waals surface area (Å²) in [5.41, 5.74) is 0. The highest BCUT2D eigenvalue weighted by Crippen LogP contribution is 2.34. The molecule has 1 aromatic heterocycles. The van der Waals surface area contributed by atoms with Gasteiger partial charge in [-0.1, -0.05) is 18.0 Å². The molecule has 1 unspecified atom stereocenters. The minimum absolute atomic E-state index is 0.288. The van der Waals surface area contributed by atoms with Crippen molar-refractivity contribution in [1.82, 2.24) is 14.7 Å². The summed E-state index contributed by atoms with van der Waals surface area (Å²) in [5.74, 6) is 0.758. The second-order valence-corrected chi connectivity index (χ2v) is 6.08. The molecule has 0 aromatic carbocycles. The lowest BCUT2D eigenvalue weighted by Gasteiger charge is -2.23. The van der Waals surface area contributed by atoms with Crippen molar-refractivity contribution in [2.24, 2.45) is 0 Å². The summed E-state index contributed by atoms with van der Waals surface area (Å²) in [6.45, 7) is 1.11. The van der Waals surface area contributed by atoms with Gasteiger partial charge in [0.15, 0.2) is 10.9 Å². The van der Waals surface area contributed by atoms with Crippen LogP contribution in [0.25, 0.3) is 0 Å². The summed E-state index contributed by atoms with van der Waals surface area (Å²) in [4.78, 5) is 2.29. The Hall–Kier alpha value is -0.740. The van der Waals surface area contributed by atoms with E-state index in [0.717, 1.165) is 31.6 Å². The summed E-state index contributed by atoms with van der Waals surface area (Å²) >= 11 is 6.44. The molecule has 0 radical (unpaired) electrons. The molecule has 3 rings (SSSR count). The standard InChI is InChI=1S/C14H22ClN3O/c1-17-9-5-8-13(17)18-14(15)12(10-16-18)19-11-6-3-2-4-7-11/h10-11,13H,2-9H2,1H3. The van der Waals surface area contributed by atoms with Gasteiger partial charge in [0.1, 0.15) is 6.17 Å². The van der Waals surface area contributed by atoms with Gasteiger partial charge in [-0.15, -0.1) is 0 Å². The second kappa shape index (κ2) is 5.71. The zero-order chi connectivity index (χ0) is 13.2. The Balaban J connectivity index is 1.71. The molecule has 1 atom stereocenters. The molecule has 5 heteroatoms. The van der Waals surface area contributed by atoms with Crippen molar-refractivity contribution in [3.63, 3.8) is 0 Å². The van der Waals surface area contributed by atoms with Gasteiger partial charge in [0.25, 0.3) is 0 Å². The summed E-state index contributed by atoms with van der Waals surface area (Å²) in [6, 6.07) is 0. The van der Waals surface area contributed by atoms with Crippen LogP contribution in [0, 0.1) is 0 Å². The summed E-state index contributed by atoms with van der Waals surface area (Å²) in [7, 11) is 2.12. The van der Waals surface area contributed by atoms with Gasteiger partial charge in [0.2, 0.25) is 0 Å². The Kier molecular flexibility index (Phi) is 3.99. The van der Waals surface area contributed by atoms with Crippen LogP contribution in [0.5, 0.6) is 5.75 Å². The number of likely N-dealkylation sites (tertiary alicyclic amines) is 1. The molecule has 2 fully saturated rings. The quantitative estimate of drug-likeness (QED) is 0.851. The van der Waals surface area contributed by atoms with Crippen molar-refractivity contribution in [3.8, 4) is 5.75 Å². The topological polar surface area (TPSA) is 30.3 Å². The van der Waals surface area contributed by atoms with Crippen molar-refractivity contribution >= 4 is 11.6 Å². The first-order valence-electron chi connectivity index (χ1n) is 7.35. The summed E-state index contributed by atoms with van der Waals surface area (Å²) in [6.07, 6.45) is 10.9. The van der Waals surface area contributed by atoms with E-state index in [1.54, 1.807) is 6.20 Å². The first-order valence-corrected chi connectivity index (χ1v) is 7.73. The molecule has 2 aliphatic rings. The van der Waals surface area contributed by atoms with E-state index in [0.29, 0.717) is 11.3 Å². The first kappa shape index (κ1) is 13.3. The van der Waals surface area contributed by atoms with Crippen molar-refractivity contribution in [2.45, 2.75) is 57.2 Å². The minimum Gasteiger partial charge on any atom is -0.486 e. The minimum atomic E-state index is 0.288. The molecule has 0 N–H and O–H groups in total. The number of ether oxygens (including phenoxy) is 1. The van der Waals surface area contributed by atoms with Crippen LogP contribution in [0.1, 0.15) is 51.1 Å². The van der Waals surface area contributed by atoms with E-state index in [9.17, 15) is 0 Å². The van der Waals surface area contributed by atoms with Crippen LogP contribution in [0.4, 0.5) is 0 Å². The Labute approximate surface area is 119 Å². The van der Waals surface area contributed by atoms with Crippen LogP contribution in [-0.4, -0.2) is 34.4 Å². The lowest BCUT2D eigenvalue weighted by atomic mass is 9.98. The predicted octanol–water partition coefficient (Wildman–Crippen LogP) is 3.47. The Morgan fingerprint density at radius 1 is 1.21 bits per heavy atom. The number of hydrogen-bond donors (Lipinski definition) is 0. The Bertz CT molecular complexity index is 428. The van der Waals surface area contributed by atoms with Gasteiger partial charge >= 0.3 is 0 Å². The highest BCUT2D eigenvalue weighted by Gasteiger charge is 2.27. The number of aromatic nitrogens is 2. The van der Waals surface area contributed by atoms with E-state index >= 15 is 0 Å². The van der Waals surface area contributed by atoms with Gasteiger partial charge in [-0.3, -0.25) is 4.90 Å². The monoisotopic (exact) mass is 283 g/mol. The van der Waals surface area contributed by atoms with Gasteiger partial charge in [0, 0.05) is 0 Å². The van der Waals surface area contributed by atoms with Crippen LogP contribution >= 0.6 is 11.6 Å². The smallest absolute Gasteiger partial charge is 0.176 e. The third-order valence-corrected chi connectivity index (χ3v) is 4.67. The SMILES string of the molecule is CN1CCCC1n1ncc(OC2CCCCC2)c1Cl. The molecule has 1 saturated heterocycles. The third kappa shape index (κ3) is 2.75. The van der Waals surface area contributed by atoms with E-state index in [-0.39, 0.29) is 6.17 Å². The van der Waals surface area contributed by atoms with Gasteiger partial charge in [-0.2, -0.15) is 5.10 Å². The van der Waals surface area contributed by atoms with E-state index in [2.05, 4.69) is 17.0 Å². The van der Waals surface area contributed by atoms with E-state index in [1.165, 1.54) is 25.7 Å². The first-order chi connectivity index (χ1) is 9.25. The van der Waals surface area contributed by atoms with Crippen LogP contribution in [0.3, 0.4) is 0 Å². The van der Waals surface area contributed by atoms with E-state index in [4.69, 9.17) is 16.3 Å². The average Bonchev–Trinajstić information content (AvgIpc) is 2.98. The van der Waals surface area contributed by atoms with Gasteiger partial charge in [-0.25, -0.2) is 4.68 Å². The highest BCUT2D eigenvalue weighted by atomic mass is 35.5. The van der Waals surface area contributed by atoms with E-state index in [1.807, 2.05) is 4.68 Å². The zero-order valence-electron chi connectivity index (χ0n) is 11.5. The second-order valence-electron chi connectivity index (χ2n) is 5.73. The molecule has 106 valence electrons. The Morgan fingerprint density at radius 3 is 2.68 bits per heavy atom.